The van der Waals surface area contributed by atoms with Gasteiger partial charge < -0.3 is 5.32 Å². The Morgan fingerprint density at radius 3 is 2.76 bits per heavy atom. The quantitative estimate of drug-likeness (QED) is 0.852. The molecule has 1 aromatic carbocycles. The third kappa shape index (κ3) is 2.59. The molecule has 2 heterocycles. The van der Waals surface area contributed by atoms with Gasteiger partial charge in [0.25, 0.3) is 5.91 Å². The Labute approximate surface area is 124 Å². The van der Waals surface area contributed by atoms with Crippen LogP contribution >= 0.6 is 0 Å². The van der Waals surface area contributed by atoms with Gasteiger partial charge in [-0.25, -0.2) is 0 Å². The van der Waals surface area contributed by atoms with E-state index in [0.29, 0.717) is 5.56 Å². The van der Waals surface area contributed by atoms with Crippen molar-refractivity contribution in [3.63, 3.8) is 0 Å². The first-order valence-electron chi connectivity index (χ1n) is 7.37. The molecule has 21 heavy (non-hydrogen) atoms. The van der Waals surface area contributed by atoms with Gasteiger partial charge in [-0.2, -0.15) is 0 Å². The molecule has 0 atom stereocenters. The molecule has 1 aliphatic rings. The van der Waals surface area contributed by atoms with Crippen molar-refractivity contribution < 1.29 is 4.79 Å². The fourth-order valence-corrected chi connectivity index (χ4v) is 2.61. The minimum atomic E-state index is -0.0706. The smallest absolute Gasteiger partial charge is 0.256 e. The Kier molecular flexibility index (Phi) is 3.82. The van der Waals surface area contributed by atoms with E-state index in [1.807, 2.05) is 36.4 Å². The minimum Gasteiger partial charge on any atom is -0.320 e. The van der Waals surface area contributed by atoms with Crippen LogP contribution in [0, 0.1) is 0 Å². The molecule has 0 spiro atoms. The molecule has 106 valence electrons. The molecule has 3 heteroatoms. The number of rotatable bonds is 3. The van der Waals surface area contributed by atoms with Crippen molar-refractivity contribution in [2.24, 2.45) is 0 Å². The number of hydrogen-bond acceptors (Lipinski definition) is 2. The standard InChI is InChI=1S/C18H18N2O/c1-2-3-4-9-14-13-8-5-6-10-15(13)18(21)20-16-11-7-12-19-17(14)16/h5-12H,2-4H2,1H3,(H,20,21)/b14-9-. The molecule has 0 unspecified atom stereocenters. The van der Waals surface area contributed by atoms with E-state index >= 15 is 0 Å². The molecule has 1 N–H and O–H groups in total. The zero-order chi connectivity index (χ0) is 14.7. The van der Waals surface area contributed by atoms with Gasteiger partial charge in [0.15, 0.2) is 0 Å². The van der Waals surface area contributed by atoms with Crippen LogP contribution < -0.4 is 5.32 Å². The van der Waals surface area contributed by atoms with Gasteiger partial charge in [-0.15, -0.1) is 0 Å². The Balaban J connectivity index is 2.18. The van der Waals surface area contributed by atoms with Crippen LogP contribution in [0.4, 0.5) is 5.69 Å². The average Bonchev–Trinajstić information content (AvgIpc) is 2.63. The van der Waals surface area contributed by atoms with Crippen molar-refractivity contribution in [1.29, 1.82) is 0 Å². The van der Waals surface area contributed by atoms with Crippen LogP contribution in [0.5, 0.6) is 0 Å². The highest BCUT2D eigenvalue weighted by atomic mass is 16.1. The lowest BCUT2D eigenvalue weighted by Gasteiger charge is -2.09. The number of pyridine rings is 1. The summed E-state index contributed by atoms with van der Waals surface area (Å²) in [7, 11) is 0. The molecule has 1 amide bonds. The van der Waals surface area contributed by atoms with Gasteiger partial charge in [-0.05, 0) is 30.2 Å². The summed E-state index contributed by atoms with van der Waals surface area (Å²) in [5.74, 6) is -0.0706. The summed E-state index contributed by atoms with van der Waals surface area (Å²) in [6.45, 7) is 2.18. The van der Waals surface area contributed by atoms with Crippen LogP contribution in [0.3, 0.4) is 0 Å². The van der Waals surface area contributed by atoms with Crippen LogP contribution in [0.15, 0.2) is 48.7 Å². The second-order valence-corrected chi connectivity index (χ2v) is 5.16. The summed E-state index contributed by atoms with van der Waals surface area (Å²) in [5.41, 5.74) is 4.35. The fourth-order valence-electron chi connectivity index (χ4n) is 2.61. The predicted octanol–water partition coefficient (Wildman–Crippen LogP) is 4.27. The number of carbonyl (C=O) groups is 1. The van der Waals surface area contributed by atoms with Crippen molar-refractivity contribution in [1.82, 2.24) is 4.98 Å². The third-order valence-electron chi connectivity index (χ3n) is 3.68. The first-order chi connectivity index (χ1) is 10.3. The molecule has 2 aromatic rings. The molecular formula is C18H18N2O. The number of carbonyl (C=O) groups excluding carboxylic acids is 1. The molecule has 0 bridgehead atoms. The molecule has 3 rings (SSSR count). The van der Waals surface area contributed by atoms with Crippen LogP contribution in [0.25, 0.3) is 5.57 Å². The Morgan fingerprint density at radius 2 is 1.95 bits per heavy atom. The first kappa shape index (κ1) is 13.6. The zero-order valence-electron chi connectivity index (χ0n) is 12.1. The third-order valence-corrected chi connectivity index (χ3v) is 3.68. The number of hydrogen-bond donors (Lipinski definition) is 1. The predicted molar refractivity (Wildman–Crippen MR) is 85.2 cm³/mol. The van der Waals surface area contributed by atoms with Gasteiger partial charge in [0.2, 0.25) is 0 Å². The zero-order valence-corrected chi connectivity index (χ0v) is 12.1. The van der Waals surface area contributed by atoms with E-state index in [2.05, 4.69) is 23.3 Å². The highest BCUT2D eigenvalue weighted by Gasteiger charge is 2.22. The fraction of sp³-hybridized carbons (Fsp3) is 0.222. The molecule has 1 aliphatic heterocycles. The van der Waals surface area contributed by atoms with Crippen molar-refractivity contribution in [3.05, 3.63) is 65.5 Å². The van der Waals surface area contributed by atoms with Crippen molar-refractivity contribution in [2.45, 2.75) is 26.2 Å². The normalized spacial score (nSPS) is 15.1. The monoisotopic (exact) mass is 278 g/mol. The summed E-state index contributed by atoms with van der Waals surface area (Å²) in [5, 5.41) is 2.96. The van der Waals surface area contributed by atoms with E-state index in [1.54, 1.807) is 6.20 Å². The molecular weight excluding hydrogens is 260 g/mol. The number of amides is 1. The Morgan fingerprint density at radius 1 is 1.14 bits per heavy atom. The lowest BCUT2D eigenvalue weighted by Crippen LogP contribution is -2.11. The summed E-state index contributed by atoms with van der Waals surface area (Å²) in [6, 6.07) is 11.5. The second-order valence-electron chi connectivity index (χ2n) is 5.16. The largest absolute Gasteiger partial charge is 0.320 e. The first-order valence-corrected chi connectivity index (χ1v) is 7.37. The lowest BCUT2D eigenvalue weighted by molar-refractivity contribution is 0.102. The topological polar surface area (TPSA) is 42.0 Å². The summed E-state index contributed by atoms with van der Waals surface area (Å²) >= 11 is 0. The van der Waals surface area contributed by atoms with Gasteiger partial charge in [-0.3, -0.25) is 9.78 Å². The van der Waals surface area contributed by atoms with Crippen LogP contribution in [-0.2, 0) is 0 Å². The van der Waals surface area contributed by atoms with Gasteiger partial charge in [0, 0.05) is 17.3 Å². The summed E-state index contributed by atoms with van der Waals surface area (Å²) < 4.78 is 0. The molecule has 0 aliphatic carbocycles. The second kappa shape index (κ2) is 5.92. The Hall–Kier alpha value is -2.42. The number of anilines is 1. The van der Waals surface area contributed by atoms with Crippen molar-refractivity contribution in [3.8, 4) is 0 Å². The maximum atomic E-state index is 12.4. The number of unbranched alkanes of at least 4 members (excludes halogenated alkanes) is 2. The Bertz CT molecular complexity index is 704. The van der Waals surface area contributed by atoms with Gasteiger partial charge >= 0.3 is 0 Å². The van der Waals surface area contributed by atoms with Gasteiger partial charge in [0.05, 0.1) is 11.4 Å². The molecule has 3 nitrogen and oxygen atoms in total. The number of nitrogens with one attached hydrogen (secondary N) is 1. The highest BCUT2D eigenvalue weighted by molar-refractivity contribution is 6.12. The maximum absolute atomic E-state index is 12.4. The number of nitrogens with zero attached hydrogens (tertiary/aromatic N) is 1. The molecule has 0 fully saturated rings. The van der Waals surface area contributed by atoms with E-state index in [-0.39, 0.29) is 5.91 Å². The van der Waals surface area contributed by atoms with Crippen LogP contribution in [0.1, 0.15) is 47.8 Å². The van der Waals surface area contributed by atoms with E-state index in [0.717, 1.165) is 41.8 Å². The number of fused-ring (bicyclic) bond motifs is 2. The number of allylic oxidation sites excluding steroid dienone is 1. The molecule has 0 saturated heterocycles. The van der Waals surface area contributed by atoms with E-state index in [9.17, 15) is 4.79 Å². The van der Waals surface area contributed by atoms with Crippen LogP contribution in [-0.4, -0.2) is 10.9 Å². The number of aromatic nitrogens is 1. The van der Waals surface area contributed by atoms with Crippen LogP contribution in [0.2, 0.25) is 0 Å². The summed E-state index contributed by atoms with van der Waals surface area (Å²) in [4.78, 5) is 16.9. The van der Waals surface area contributed by atoms with Gasteiger partial charge in [0.1, 0.15) is 0 Å². The molecule has 1 aromatic heterocycles. The maximum Gasteiger partial charge on any atom is 0.256 e. The SMILES string of the molecule is CCCC/C=C1/c2ccccc2C(=O)Nc2cccnc21. The molecule has 0 radical (unpaired) electrons. The van der Waals surface area contributed by atoms with E-state index < -0.39 is 0 Å². The van der Waals surface area contributed by atoms with Crippen molar-refractivity contribution in [2.75, 3.05) is 5.32 Å². The highest BCUT2D eigenvalue weighted by Crippen LogP contribution is 2.33. The lowest BCUT2D eigenvalue weighted by atomic mass is 9.96. The molecule has 0 saturated carbocycles. The van der Waals surface area contributed by atoms with E-state index in [1.165, 1.54) is 0 Å². The average molecular weight is 278 g/mol. The number of benzene rings is 1. The van der Waals surface area contributed by atoms with Crippen molar-refractivity contribution >= 4 is 17.2 Å². The summed E-state index contributed by atoms with van der Waals surface area (Å²) in [6.07, 6.45) is 7.25. The van der Waals surface area contributed by atoms with Gasteiger partial charge in [-0.1, -0.05) is 44.0 Å². The minimum absolute atomic E-state index is 0.0706. The van der Waals surface area contributed by atoms with E-state index in [4.69, 9.17) is 0 Å².